The summed E-state index contributed by atoms with van der Waals surface area (Å²) in [6, 6.07) is 20.6. The zero-order valence-corrected chi connectivity index (χ0v) is 20.0. The van der Waals surface area contributed by atoms with Gasteiger partial charge in [-0.15, -0.1) is 0 Å². The molecule has 0 aliphatic carbocycles. The summed E-state index contributed by atoms with van der Waals surface area (Å²) in [6.07, 6.45) is 2.76. The number of benzene rings is 2. The molecule has 0 aliphatic rings. The van der Waals surface area contributed by atoms with E-state index >= 15 is 0 Å². The molecule has 0 bridgehead atoms. The second kappa shape index (κ2) is 9.90. The van der Waals surface area contributed by atoms with Crippen LogP contribution in [0, 0.1) is 0 Å². The van der Waals surface area contributed by atoms with Crippen LogP contribution in [0.15, 0.2) is 79.1 Å². The molecule has 2 amide bonds. The van der Waals surface area contributed by atoms with Gasteiger partial charge in [-0.25, -0.2) is 9.78 Å². The first-order valence-electron chi connectivity index (χ1n) is 11.6. The maximum Gasteiger partial charge on any atom is 0.404 e. The number of nitrogen functional groups attached to an aromatic ring is 1. The molecule has 0 unspecified atom stereocenters. The van der Waals surface area contributed by atoms with E-state index in [0.29, 0.717) is 23.5 Å². The normalized spacial score (nSPS) is 10.9. The molecule has 0 radical (unpaired) electrons. The number of carbonyl (C=O) groups is 2. The first-order chi connectivity index (χ1) is 17.9. The van der Waals surface area contributed by atoms with Crippen LogP contribution in [0.4, 0.5) is 16.3 Å². The number of aromatic nitrogens is 3. The first-order valence-corrected chi connectivity index (χ1v) is 11.6. The lowest BCUT2D eigenvalue weighted by Gasteiger charge is -2.18. The van der Waals surface area contributed by atoms with Gasteiger partial charge in [0.2, 0.25) is 0 Å². The minimum Gasteiger partial charge on any atom is -0.465 e. The van der Waals surface area contributed by atoms with Crippen molar-refractivity contribution in [3.63, 3.8) is 0 Å². The largest absolute Gasteiger partial charge is 0.465 e. The van der Waals surface area contributed by atoms with Crippen LogP contribution in [0.3, 0.4) is 0 Å². The van der Waals surface area contributed by atoms with Gasteiger partial charge < -0.3 is 21.1 Å². The number of carbonyl (C=O) groups excluding carboxylic acids is 1. The number of anilines is 2. The molecule has 0 fully saturated rings. The minimum absolute atomic E-state index is 0.143. The zero-order valence-electron chi connectivity index (χ0n) is 20.0. The summed E-state index contributed by atoms with van der Waals surface area (Å²) >= 11 is 0. The van der Waals surface area contributed by atoms with Gasteiger partial charge in [-0.1, -0.05) is 12.1 Å². The Morgan fingerprint density at radius 2 is 1.76 bits per heavy atom. The number of nitrogens with zero attached hydrogens (tertiary/aromatic N) is 4. The fraction of sp³-hybridized carbons (Fsp3) is 0.107. The summed E-state index contributed by atoms with van der Waals surface area (Å²) in [6.45, 7) is 0.149. The zero-order chi connectivity index (χ0) is 25.9. The fourth-order valence-electron chi connectivity index (χ4n) is 4.22. The number of hydrogen-bond acceptors (Lipinski definition) is 6. The Balaban J connectivity index is 1.33. The van der Waals surface area contributed by atoms with Crippen molar-refractivity contribution in [2.45, 2.75) is 13.0 Å². The van der Waals surface area contributed by atoms with E-state index in [0.717, 1.165) is 38.6 Å². The third-order valence-corrected chi connectivity index (χ3v) is 6.15. The van der Waals surface area contributed by atoms with E-state index in [2.05, 4.69) is 20.3 Å². The molecule has 0 saturated heterocycles. The van der Waals surface area contributed by atoms with E-state index < -0.39 is 6.09 Å². The Labute approximate surface area is 212 Å². The molecule has 5 rings (SSSR count). The number of rotatable bonds is 6. The van der Waals surface area contributed by atoms with Gasteiger partial charge in [0.25, 0.3) is 5.91 Å². The second-order valence-corrected chi connectivity index (χ2v) is 8.67. The molecule has 3 aromatic heterocycles. The van der Waals surface area contributed by atoms with Crippen LogP contribution in [-0.4, -0.2) is 39.1 Å². The molecule has 0 spiro atoms. The summed E-state index contributed by atoms with van der Waals surface area (Å²) in [7, 11) is 1.74. The van der Waals surface area contributed by atoms with E-state index in [9.17, 15) is 9.59 Å². The van der Waals surface area contributed by atoms with Crippen molar-refractivity contribution in [2.75, 3.05) is 17.7 Å². The number of nitrogens with one attached hydrogen (secondary N) is 1. The third kappa shape index (κ3) is 5.15. The maximum absolute atomic E-state index is 13.3. The van der Waals surface area contributed by atoms with E-state index in [4.69, 9.17) is 10.8 Å². The van der Waals surface area contributed by atoms with Crippen molar-refractivity contribution in [3.8, 4) is 0 Å². The smallest absolute Gasteiger partial charge is 0.404 e. The van der Waals surface area contributed by atoms with E-state index in [-0.39, 0.29) is 12.5 Å². The molecule has 0 saturated carbocycles. The van der Waals surface area contributed by atoms with Crippen LogP contribution in [-0.2, 0) is 13.0 Å². The summed E-state index contributed by atoms with van der Waals surface area (Å²) in [4.78, 5) is 38.7. The lowest BCUT2D eigenvalue weighted by atomic mass is 10.0. The standard InChI is InChI=1S/C28H24N6O3/c1-34(23-5-6-24-18(15-23)8-11-31-26(24)29)27(35)20-9-10-30-22(14-20)13-17-2-7-25-19(12-17)3-4-21(33-25)16-32-28(36)37/h2-12,14-15,32H,13,16H2,1H3,(H2,29,31)(H,36,37). The third-order valence-electron chi connectivity index (χ3n) is 6.15. The SMILES string of the molecule is CN(C(=O)c1ccnc(Cc2ccc3nc(CNC(=O)O)ccc3c2)c1)c1ccc2c(N)nccc2c1. The van der Waals surface area contributed by atoms with Gasteiger partial charge in [-0.2, -0.15) is 0 Å². The molecule has 9 heteroatoms. The number of carboxylic acid groups (broad SMARTS) is 1. The molecular weight excluding hydrogens is 468 g/mol. The molecule has 0 atom stereocenters. The Morgan fingerprint density at radius 3 is 2.59 bits per heavy atom. The summed E-state index contributed by atoms with van der Waals surface area (Å²) in [5, 5.41) is 13.8. The van der Waals surface area contributed by atoms with Crippen LogP contribution in [0.1, 0.15) is 27.3 Å². The quantitative estimate of drug-likeness (QED) is 0.320. The predicted molar refractivity (Wildman–Crippen MR) is 143 cm³/mol. The van der Waals surface area contributed by atoms with Crippen molar-refractivity contribution in [1.82, 2.24) is 20.3 Å². The first kappa shape index (κ1) is 23.7. The molecule has 4 N–H and O–H groups in total. The summed E-state index contributed by atoms with van der Waals surface area (Å²) in [5.41, 5.74) is 10.5. The van der Waals surface area contributed by atoms with Crippen LogP contribution >= 0.6 is 0 Å². The summed E-state index contributed by atoms with van der Waals surface area (Å²) in [5.74, 6) is 0.312. The van der Waals surface area contributed by atoms with Gasteiger partial charge >= 0.3 is 6.09 Å². The Kier molecular flexibility index (Phi) is 6.34. The number of pyridine rings is 3. The average molecular weight is 493 g/mol. The molecular formula is C28H24N6O3. The lowest BCUT2D eigenvalue weighted by Crippen LogP contribution is -2.26. The molecule has 184 valence electrons. The number of amides is 2. The van der Waals surface area contributed by atoms with E-state index in [1.54, 1.807) is 36.5 Å². The van der Waals surface area contributed by atoms with Gasteiger partial charge in [0.05, 0.1) is 17.8 Å². The Morgan fingerprint density at radius 1 is 0.919 bits per heavy atom. The van der Waals surface area contributed by atoms with Gasteiger partial charge in [0.1, 0.15) is 5.82 Å². The highest BCUT2D eigenvalue weighted by molar-refractivity contribution is 6.07. The second-order valence-electron chi connectivity index (χ2n) is 8.67. The molecule has 5 aromatic rings. The monoisotopic (exact) mass is 492 g/mol. The van der Waals surface area contributed by atoms with Crippen molar-refractivity contribution in [2.24, 2.45) is 0 Å². The number of hydrogen-bond donors (Lipinski definition) is 3. The van der Waals surface area contributed by atoms with Gasteiger partial charge in [0, 0.05) is 53.6 Å². The molecule has 37 heavy (non-hydrogen) atoms. The van der Waals surface area contributed by atoms with Crippen molar-refractivity contribution in [1.29, 1.82) is 0 Å². The van der Waals surface area contributed by atoms with E-state index in [1.165, 1.54) is 0 Å². The summed E-state index contributed by atoms with van der Waals surface area (Å²) < 4.78 is 0. The predicted octanol–water partition coefficient (Wildman–Crippen LogP) is 4.40. The average Bonchev–Trinajstić information content (AvgIpc) is 2.91. The highest BCUT2D eigenvalue weighted by atomic mass is 16.4. The molecule has 3 heterocycles. The van der Waals surface area contributed by atoms with E-state index in [1.807, 2.05) is 54.6 Å². The molecule has 9 nitrogen and oxygen atoms in total. The minimum atomic E-state index is -1.09. The van der Waals surface area contributed by atoms with Gasteiger partial charge in [0.15, 0.2) is 0 Å². The van der Waals surface area contributed by atoms with Crippen molar-refractivity contribution >= 4 is 45.2 Å². The van der Waals surface area contributed by atoms with Crippen molar-refractivity contribution < 1.29 is 14.7 Å². The Hall–Kier alpha value is -5.05. The van der Waals surface area contributed by atoms with Crippen LogP contribution in [0.2, 0.25) is 0 Å². The van der Waals surface area contributed by atoms with Gasteiger partial charge in [-0.05, 0) is 65.5 Å². The fourth-order valence-corrected chi connectivity index (χ4v) is 4.22. The van der Waals surface area contributed by atoms with Gasteiger partial charge in [-0.3, -0.25) is 14.8 Å². The lowest BCUT2D eigenvalue weighted by molar-refractivity contribution is 0.0992. The highest BCUT2D eigenvalue weighted by Crippen LogP contribution is 2.25. The molecule has 2 aromatic carbocycles. The number of nitrogens with two attached hydrogens (primary N) is 1. The number of fused-ring (bicyclic) bond motifs is 2. The van der Waals surface area contributed by atoms with Crippen molar-refractivity contribution in [3.05, 3.63) is 102 Å². The molecule has 0 aliphatic heterocycles. The van der Waals surface area contributed by atoms with Crippen LogP contribution < -0.4 is 16.0 Å². The van der Waals surface area contributed by atoms with Crippen LogP contribution in [0.5, 0.6) is 0 Å². The maximum atomic E-state index is 13.3. The highest BCUT2D eigenvalue weighted by Gasteiger charge is 2.15. The Bertz CT molecular complexity index is 1650. The van der Waals surface area contributed by atoms with Crippen LogP contribution in [0.25, 0.3) is 21.7 Å². The topological polar surface area (TPSA) is 134 Å².